The summed E-state index contributed by atoms with van der Waals surface area (Å²) in [4.78, 5) is 12.2. The van der Waals surface area contributed by atoms with Crippen LogP contribution in [0.1, 0.15) is 13.3 Å². The normalized spacial score (nSPS) is 9.86. The molecule has 4 heteroatoms. The van der Waals surface area contributed by atoms with Gasteiger partial charge in [0.05, 0.1) is 0 Å². The van der Waals surface area contributed by atoms with Crippen molar-refractivity contribution in [3.8, 4) is 0 Å². The van der Waals surface area contributed by atoms with Crippen molar-refractivity contribution in [1.29, 1.82) is 0 Å². The van der Waals surface area contributed by atoms with Crippen molar-refractivity contribution < 1.29 is 9.90 Å². The van der Waals surface area contributed by atoms with E-state index < -0.39 is 6.09 Å². The number of anilines is 1. The van der Waals surface area contributed by atoms with Crippen LogP contribution in [-0.4, -0.2) is 17.7 Å². The molecule has 3 nitrogen and oxygen atoms in total. The van der Waals surface area contributed by atoms with Crippen LogP contribution in [0.2, 0.25) is 5.02 Å². The van der Waals surface area contributed by atoms with E-state index in [2.05, 4.69) is 0 Å². The van der Waals surface area contributed by atoms with Gasteiger partial charge in [-0.05, 0) is 24.6 Å². The average molecular weight is 214 g/mol. The van der Waals surface area contributed by atoms with Gasteiger partial charge in [-0.3, -0.25) is 4.90 Å². The summed E-state index contributed by atoms with van der Waals surface area (Å²) in [6, 6.07) is 6.83. The number of amides is 1. The molecule has 0 bridgehead atoms. The highest BCUT2D eigenvalue weighted by Crippen LogP contribution is 2.19. The summed E-state index contributed by atoms with van der Waals surface area (Å²) in [5, 5.41) is 9.48. The van der Waals surface area contributed by atoms with E-state index in [1.165, 1.54) is 4.90 Å². The van der Waals surface area contributed by atoms with Crippen LogP contribution in [0.15, 0.2) is 24.3 Å². The third kappa shape index (κ3) is 2.64. The summed E-state index contributed by atoms with van der Waals surface area (Å²) in [5.74, 6) is 0. The first-order chi connectivity index (χ1) is 6.65. The fraction of sp³-hybridized carbons (Fsp3) is 0.300. The van der Waals surface area contributed by atoms with Crippen molar-refractivity contribution in [2.45, 2.75) is 13.3 Å². The zero-order valence-corrected chi connectivity index (χ0v) is 8.66. The van der Waals surface area contributed by atoms with Crippen LogP contribution >= 0.6 is 11.6 Å². The van der Waals surface area contributed by atoms with Gasteiger partial charge in [0, 0.05) is 17.3 Å². The fourth-order valence-corrected chi connectivity index (χ4v) is 1.39. The molecule has 0 saturated carbocycles. The van der Waals surface area contributed by atoms with E-state index in [9.17, 15) is 4.79 Å². The molecule has 0 heterocycles. The van der Waals surface area contributed by atoms with Crippen molar-refractivity contribution in [2.24, 2.45) is 0 Å². The molecule has 76 valence electrons. The molecule has 0 aliphatic carbocycles. The molecule has 1 rings (SSSR count). The Kier molecular flexibility index (Phi) is 3.77. The van der Waals surface area contributed by atoms with Gasteiger partial charge in [-0.2, -0.15) is 0 Å². The van der Waals surface area contributed by atoms with Crippen molar-refractivity contribution in [1.82, 2.24) is 0 Å². The van der Waals surface area contributed by atoms with Crippen LogP contribution in [0.5, 0.6) is 0 Å². The predicted molar refractivity (Wildman–Crippen MR) is 57.1 cm³/mol. The van der Waals surface area contributed by atoms with Gasteiger partial charge < -0.3 is 5.11 Å². The Labute approximate surface area is 87.9 Å². The minimum Gasteiger partial charge on any atom is -0.465 e. The van der Waals surface area contributed by atoms with E-state index in [0.29, 0.717) is 17.3 Å². The van der Waals surface area contributed by atoms with Crippen LogP contribution in [0.3, 0.4) is 0 Å². The van der Waals surface area contributed by atoms with E-state index in [0.717, 1.165) is 6.42 Å². The molecule has 0 spiro atoms. The van der Waals surface area contributed by atoms with E-state index in [1.54, 1.807) is 24.3 Å². The summed E-state index contributed by atoms with van der Waals surface area (Å²) in [6.07, 6.45) is -0.173. The maximum Gasteiger partial charge on any atom is 0.411 e. The Morgan fingerprint density at radius 3 is 2.79 bits per heavy atom. The number of hydrogen-bond donors (Lipinski definition) is 1. The summed E-state index contributed by atoms with van der Waals surface area (Å²) in [5.41, 5.74) is 0.617. The monoisotopic (exact) mass is 213 g/mol. The molecule has 0 radical (unpaired) electrons. The first-order valence-electron chi connectivity index (χ1n) is 4.41. The van der Waals surface area contributed by atoms with Gasteiger partial charge in [0.15, 0.2) is 0 Å². The Morgan fingerprint density at radius 1 is 1.57 bits per heavy atom. The smallest absolute Gasteiger partial charge is 0.411 e. The minimum absolute atomic E-state index is 0.482. The highest BCUT2D eigenvalue weighted by molar-refractivity contribution is 6.30. The second-order valence-corrected chi connectivity index (χ2v) is 3.35. The molecule has 1 amide bonds. The SMILES string of the molecule is CCCN(C(=O)O)c1cccc(Cl)c1. The molecular formula is C10H12ClNO2. The second kappa shape index (κ2) is 4.86. The summed E-state index contributed by atoms with van der Waals surface area (Å²) in [7, 11) is 0. The van der Waals surface area contributed by atoms with Crippen LogP contribution in [0, 0.1) is 0 Å². The summed E-state index contributed by atoms with van der Waals surface area (Å²) in [6.45, 7) is 2.41. The third-order valence-corrected chi connectivity index (χ3v) is 2.03. The number of halogens is 1. The maximum atomic E-state index is 10.9. The third-order valence-electron chi connectivity index (χ3n) is 1.80. The van der Waals surface area contributed by atoms with Gasteiger partial charge in [-0.1, -0.05) is 24.6 Å². The van der Waals surface area contributed by atoms with Crippen molar-refractivity contribution >= 4 is 23.4 Å². The topological polar surface area (TPSA) is 40.5 Å². The molecular weight excluding hydrogens is 202 g/mol. The lowest BCUT2D eigenvalue weighted by atomic mass is 10.3. The molecule has 0 saturated heterocycles. The molecule has 0 aliphatic heterocycles. The Bertz CT molecular complexity index is 328. The largest absolute Gasteiger partial charge is 0.465 e. The molecule has 0 aromatic heterocycles. The van der Waals surface area contributed by atoms with Crippen LogP contribution in [-0.2, 0) is 0 Å². The summed E-state index contributed by atoms with van der Waals surface area (Å²) >= 11 is 5.77. The van der Waals surface area contributed by atoms with Crippen LogP contribution in [0.25, 0.3) is 0 Å². The quantitative estimate of drug-likeness (QED) is 0.838. The Morgan fingerprint density at radius 2 is 2.29 bits per heavy atom. The van der Waals surface area contributed by atoms with Gasteiger partial charge in [0.2, 0.25) is 0 Å². The van der Waals surface area contributed by atoms with Gasteiger partial charge in [-0.25, -0.2) is 4.79 Å². The number of nitrogens with zero attached hydrogens (tertiary/aromatic N) is 1. The molecule has 0 fully saturated rings. The molecule has 0 aliphatic rings. The molecule has 1 N–H and O–H groups in total. The first-order valence-corrected chi connectivity index (χ1v) is 4.79. The van der Waals surface area contributed by atoms with Crippen LogP contribution in [0.4, 0.5) is 10.5 Å². The molecule has 1 aromatic carbocycles. The maximum absolute atomic E-state index is 10.9. The Hall–Kier alpha value is -1.22. The second-order valence-electron chi connectivity index (χ2n) is 2.91. The van der Waals surface area contributed by atoms with E-state index in [4.69, 9.17) is 16.7 Å². The highest BCUT2D eigenvalue weighted by Gasteiger charge is 2.12. The number of hydrogen-bond acceptors (Lipinski definition) is 1. The van der Waals surface area contributed by atoms with Crippen molar-refractivity contribution in [3.05, 3.63) is 29.3 Å². The first kappa shape index (κ1) is 10.9. The van der Waals surface area contributed by atoms with Gasteiger partial charge in [0.1, 0.15) is 0 Å². The van der Waals surface area contributed by atoms with Gasteiger partial charge in [0.25, 0.3) is 0 Å². The molecule has 14 heavy (non-hydrogen) atoms. The summed E-state index contributed by atoms with van der Waals surface area (Å²) < 4.78 is 0. The van der Waals surface area contributed by atoms with Crippen molar-refractivity contribution in [3.63, 3.8) is 0 Å². The number of carbonyl (C=O) groups is 1. The average Bonchev–Trinajstić information content (AvgIpc) is 2.13. The standard InChI is InChI=1S/C10H12ClNO2/c1-2-6-12(10(13)14)9-5-3-4-8(11)7-9/h3-5,7H,2,6H2,1H3,(H,13,14). The zero-order chi connectivity index (χ0) is 10.6. The number of carboxylic acid groups (broad SMARTS) is 1. The molecule has 1 aromatic rings. The molecule has 0 atom stereocenters. The molecule has 0 unspecified atom stereocenters. The Balaban J connectivity index is 2.93. The zero-order valence-electron chi connectivity index (χ0n) is 7.90. The van der Waals surface area contributed by atoms with Gasteiger partial charge in [-0.15, -0.1) is 0 Å². The van der Waals surface area contributed by atoms with Crippen molar-refractivity contribution in [2.75, 3.05) is 11.4 Å². The minimum atomic E-state index is -0.950. The van der Waals surface area contributed by atoms with E-state index >= 15 is 0 Å². The van der Waals surface area contributed by atoms with Crippen LogP contribution < -0.4 is 4.90 Å². The number of benzene rings is 1. The lowest BCUT2D eigenvalue weighted by Gasteiger charge is -2.18. The number of rotatable bonds is 3. The fourth-order valence-electron chi connectivity index (χ4n) is 1.20. The highest BCUT2D eigenvalue weighted by atomic mass is 35.5. The van der Waals surface area contributed by atoms with E-state index in [1.807, 2.05) is 6.92 Å². The lowest BCUT2D eigenvalue weighted by molar-refractivity contribution is 0.202. The van der Waals surface area contributed by atoms with Gasteiger partial charge >= 0.3 is 6.09 Å². The lowest BCUT2D eigenvalue weighted by Crippen LogP contribution is -2.29. The predicted octanol–water partition coefficient (Wildman–Crippen LogP) is 3.23. The van der Waals surface area contributed by atoms with E-state index in [-0.39, 0.29) is 0 Å².